The van der Waals surface area contributed by atoms with Crippen LogP contribution in [0.3, 0.4) is 0 Å². The number of nitro benzene ring substituents is 1. The highest BCUT2D eigenvalue weighted by molar-refractivity contribution is 5.94. The van der Waals surface area contributed by atoms with Crippen molar-refractivity contribution in [1.82, 2.24) is 15.1 Å². The lowest BCUT2D eigenvalue weighted by atomic mass is 10.2. The fourth-order valence-corrected chi connectivity index (χ4v) is 3.58. The summed E-state index contributed by atoms with van der Waals surface area (Å²) in [5, 5.41) is 21.1. The third-order valence-corrected chi connectivity index (χ3v) is 5.03. The molecule has 0 fully saturated rings. The summed E-state index contributed by atoms with van der Waals surface area (Å²) in [6.07, 6.45) is 2.57. The van der Waals surface area contributed by atoms with Gasteiger partial charge in [-0.25, -0.2) is 9.07 Å². The molecule has 2 aromatic carbocycles. The highest BCUT2D eigenvalue weighted by atomic mass is 19.1. The van der Waals surface area contributed by atoms with E-state index in [0.29, 0.717) is 18.8 Å². The summed E-state index contributed by atoms with van der Waals surface area (Å²) in [7, 11) is 0. The molecule has 1 amide bonds. The third-order valence-electron chi connectivity index (χ3n) is 5.03. The van der Waals surface area contributed by atoms with Crippen LogP contribution < -0.4 is 10.6 Å². The maximum absolute atomic E-state index is 13.2. The first kappa shape index (κ1) is 19.6. The Bertz CT molecular complexity index is 1080. The van der Waals surface area contributed by atoms with Gasteiger partial charge in [-0.1, -0.05) is 0 Å². The highest BCUT2D eigenvalue weighted by Gasteiger charge is 2.26. The molecule has 30 heavy (non-hydrogen) atoms. The summed E-state index contributed by atoms with van der Waals surface area (Å²) < 4.78 is 15.0. The Kier molecular flexibility index (Phi) is 5.42. The number of halogens is 1. The van der Waals surface area contributed by atoms with Crippen molar-refractivity contribution < 1.29 is 14.1 Å². The summed E-state index contributed by atoms with van der Waals surface area (Å²) >= 11 is 0. The summed E-state index contributed by atoms with van der Waals surface area (Å²) in [5.74, 6) is -0.569. The number of carbonyl (C=O) groups excluding carboxylic acids is 1. The molecular formula is C21H20FN5O3. The molecule has 0 aliphatic heterocycles. The largest absolute Gasteiger partial charge is 0.383 e. The van der Waals surface area contributed by atoms with Crippen molar-refractivity contribution in [2.45, 2.75) is 19.3 Å². The lowest BCUT2D eigenvalue weighted by molar-refractivity contribution is -0.384. The van der Waals surface area contributed by atoms with Crippen LogP contribution in [0.15, 0.2) is 48.5 Å². The number of hydrogen-bond acceptors (Lipinski definition) is 5. The van der Waals surface area contributed by atoms with Crippen LogP contribution in [-0.2, 0) is 12.8 Å². The Morgan fingerprint density at radius 2 is 1.83 bits per heavy atom. The van der Waals surface area contributed by atoms with E-state index in [1.165, 1.54) is 24.3 Å². The van der Waals surface area contributed by atoms with E-state index >= 15 is 0 Å². The van der Waals surface area contributed by atoms with Crippen LogP contribution in [0.25, 0.3) is 5.69 Å². The molecule has 0 spiro atoms. The molecule has 0 bridgehead atoms. The Morgan fingerprint density at radius 1 is 1.10 bits per heavy atom. The molecule has 0 radical (unpaired) electrons. The van der Waals surface area contributed by atoms with Gasteiger partial charge in [0.15, 0.2) is 5.69 Å². The van der Waals surface area contributed by atoms with Gasteiger partial charge in [0.2, 0.25) is 0 Å². The summed E-state index contributed by atoms with van der Waals surface area (Å²) in [5.41, 5.74) is 3.84. The van der Waals surface area contributed by atoms with E-state index < -0.39 is 4.92 Å². The number of fused-ring (bicyclic) bond motifs is 1. The van der Waals surface area contributed by atoms with Gasteiger partial charge < -0.3 is 10.6 Å². The van der Waals surface area contributed by atoms with E-state index in [9.17, 15) is 19.3 Å². The lowest BCUT2D eigenvalue weighted by Crippen LogP contribution is -2.29. The van der Waals surface area contributed by atoms with Gasteiger partial charge in [0.05, 0.1) is 10.6 Å². The van der Waals surface area contributed by atoms with Gasteiger partial charge in [-0.2, -0.15) is 5.10 Å². The number of amides is 1. The molecule has 0 saturated heterocycles. The van der Waals surface area contributed by atoms with Crippen molar-refractivity contribution in [3.8, 4) is 5.69 Å². The average molecular weight is 409 g/mol. The van der Waals surface area contributed by atoms with E-state index in [2.05, 4.69) is 15.7 Å². The number of nitrogens with one attached hydrogen (secondary N) is 2. The van der Waals surface area contributed by atoms with E-state index in [1.807, 2.05) is 0 Å². The molecule has 3 aromatic rings. The van der Waals surface area contributed by atoms with Gasteiger partial charge in [0, 0.05) is 42.2 Å². The minimum Gasteiger partial charge on any atom is -0.383 e. The predicted molar refractivity (Wildman–Crippen MR) is 109 cm³/mol. The number of benzene rings is 2. The van der Waals surface area contributed by atoms with Crippen LogP contribution in [-0.4, -0.2) is 33.7 Å². The minimum absolute atomic E-state index is 0.0273. The van der Waals surface area contributed by atoms with Gasteiger partial charge in [-0.05, 0) is 55.7 Å². The standard InChI is InChI=1S/C21H20FN5O3/c22-14-4-8-16(9-5-14)26-19-3-1-2-18(19)20(25-26)21(28)24-13-12-23-15-6-10-17(11-7-15)27(29)30/h4-11,23H,1-3,12-13H2,(H,24,28). The molecule has 2 N–H and O–H groups in total. The quantitative estimate of drug-likeness (QED) is 0.354. The number of carbonyl (C=O) groups is 1. The average Bonchev–Trinajstić information content (AvgIpc) is 3.35. The zero-order valence-corrected chi connectivity index (χ0v) is 16.1. The molecule has 0 unspecified atom stereocenters. The van der Waals surface area contributed by atoms with Gasteiger partial charge in [-0.15, -0.1) is 0 Å². The fourth-order valence-electron chi connectivity index (χ4n) is 3.58. The van der Waals surface area contributed by atoms with Crippen molar-refractivity contribution in [3.63, 3.8) is 0 Å². The molecule has 1 aliphatic rings. The van der Waals surface area contributed by atoms with Crippen LogP contribution in [0, 0.1) is 15.9 Å². The van der Waals surface area contributed by atoms with Crippen molar-refractivity contribution in [3.05, 3.63) is 81.4 Å². The van der Waals surface area contributed by atoms with E-state index in [0.717, 1.165) is 41.9 Å². The summed E-state index contributed by atoms with van der Waals surface area (Å²) in [4.78, 5) is 22.9. The highest BCUT2D eigenvalue weighted by Crippen LogP contribution is 2.27. The fraction of sp³-hybridized carbons (Fsp3) is 0.238. The van der Waals surface area contributed by atoms with Crippen molar-refractivity contribution in [2.75, 3.05) is 18.4 Å². The Balaban J connectivity index is 1.38. The molecule has 4 rings (SSSR count). The molecule has 0 atom stereocenters. The number of aromatic nitrogens is 2. The number of nitro groups is 1. The monoisotopic (exact) mass is 409 g/mol. The number of nitrogens with zero attached hydrogens (tertiary/aromatic N) is 3. The van der Waals surface area contributed by atoms with Crippen LogP contribution in [0.1, 0.15) is 28.2 Å². The van der Waals surface area contributed by atoms with Gasteiger partial charge >= 0.3 is 0 Å². The topological polar surface area (TPSA) is 102 Å². The summed E-state index contributed by atoms with van der Waals surface area (Å²) in [6.45, 7) is 0.832. The van der Waals surface area contributed by atoms with Crippen molar-refractivity contribution in [2.24, 2.45) is 0 Å². The van der Waals surface area contributed by atoms with Crippen LogP contribution >= 0.6 is 0 Å². The predicted octanol–water partition coefficient (Wildman–Crippen LogP) is 3.25. The lowest BCUT2D eigenvalue weighted by Gasteiger charge is -2.08. The zero-order valence-electron chi connectivity index (χ0n) is 16.1. The Morgan fingerprint density at radius 3 is 2.53 bits per heavy atom. The maximum atomic E-state index is 13.2. The van der Waals surface area contributed by atoms with E-state index in [-0.39, 0.29) is 17.4 Å². The molecule has 1 aromatic heterocycles. The third kappa shape index (κ3) is 4.00. The normalized spacial score (nSPS) is 12.4. The number of non-ortho nitro benzene ring substituents is 1. The number of rotatable bonds is 7. The second-order valence-corrected chi connectivity index (χ2v) is 7.00. The van der Waals surface area contributed by atoms with Gasteiger partial charge in [0.25, 0.3) is 11.6 Å². The molecule has 154 valence electrons. The maximum Gasteiger partial charge on any atom is 0.272 e. The smallest absolute Gasteiger partial charge is 0.272 e. The molecule has 8 nitrogen and oxygen atoms in total. The van der Waals surface area contributed by atoms with Gasteiger partial charge in [-0.3, -0.25) is 14.9 Å². The van der Waals surface area contributed by atoms with Crippen LogP contribution in [0.4, 0.5) is 15.8 Å². The first-order chi connectivity index (χ1) is 14.5. The molecular weight excluding hydrogens is 389 g/mol. The minimum atomic E-state index is -0.451. The zero-order chi connectivity index (χ0) is 21.1. The Hall–Kier alpha value is -3.75. The second kappa shape index (κ2) is 8.32. The number of anilines is 1. The van der Waals surface area contributed by atoms with E-state index in [1.54, 1.807) is 28.9 Å². The first-order valence-electron chi connectivity index (χ1n) is 9.66. The molecule has 9 heteroatoms. The van der Waals surface area contributed by atoms with E-state index in [4.69, 9.17) is 0 Å². The molecule has 1 heterocycles. The first-order valence-corrected chi connectivity index (χ1v) is 9.66. The van der Waals surface area contributed by atoms with Crippen LogP contribution in [0.2, 0.25) is 0 Å². The van der Waals surface area contributed by atoms with Crippen molar-refractivity contribution in [1.29, 1.82) is 0 Å². The SMILES string of the molecule is O=C(NCCNc1ccc([N+](=O)[O-])cc1)c1nn(-c2ccc(F)cc2)c2c1CCC2. The molecule has 1 aliphatic carbocycles. The van der Waals surface area contributed by atoms with Crippen LogP contribution in [0.5, 0.6) is 0 Å². The van der Waals surface area contributed by atoms with Gasteiger partial charge in [0.1, 0.15) is 5.82 Å². The van der Waals surface area contributed by atoms with Crippen molar-refractivity contribution >= 4 is 17.3 Å². The number of hydrogen-bond donors (Lipinski definition) is 2. The second-order valence-electron chi connectivity index (χ2n) is 7.00. The Labute approximate surface area is 171 Å². The summed E-state index contributed by atoms with van der Waals surface area (Å²) in [6, 6.07) is 12.1. The molecule has 0 saturated carbocycles.